The Kier molecular flexibility index (Phi) is 6.83. The lowest BCUT2D eigenvalue weighted by molar-refractivity contribution is -0.128. The van der Waals surface area contributed by atoms with Crippen LogP contribution in [-0.4, -0.2) is 43.3 Å². The first-order valence-electron chi connectivity index (χ1n) is 11.1. The topological polar surface area (TPSA) is 73.8 Å². The van der Waals surface area contributed by atoms with Crippen molar-refractivity contribution in [1.29, 1.82) is 0 Å². The van der Waals surface area contributed by atoms with E-state index in [4.69, 9.17) is 4.99 Å². The van der Waals surface area contributed by atoms with Crippen molar-refractivity contribution in [3.8, 4) is 0 Å². The standard InChI is InChI=1S/C27H28N4O2/c1-19(28-25(32)17-20-11-5-3-6-12-20)27(33)30-24-18-31(2)23-16-10-9-15-22(23)26(29-24)21-13-7-4-8-14-21/h3-16,19,24H,17-18H2,1-2H3,(H,28,32)(H,30,33)/t19-,24+/m0/s1. The molecule has 3 aromatic carbocycles. The molecule has 6 heteroatoms. The molecular weight excluding hydrogens is 412 g/mol. The minimum atomic E-state index is -0.674. The van der Waals surface area contributed by atoms with E-state index in [1.54, 1.807) is 6.92 Å². The van der Waals surface area contributed by atoms with Gasteiger partial charge in [0, 0.05) is 23.9 Å². The highest BCUT2D eigenvalue weighted by Crippen LogP contribution is 2.26. The third-order valence-corrected chi connectivity index (χ3v) is 5.64. The van der Waals surface area contributed by atoms with Crippen molar-refractivity contribution in [2.75, 3.05) is 18.5 Å². The molecule has 6 nitrogen and oxygen atoms in total. The summed E-state index contributed by atoms with van der Waals surface area (Å²) in [5.41, 5.74) is 4.81. The van der Waals surface area contributed by atoms with Crippen LogP contribution in [0.2, 0.25) is 0 Å². The average Bonchev–Trinajstić information content (AvgIpc) is 2.96. The molecule has 0 saturated heterocycles. The molecule has 0 bridgehead atoms. The van der Waals surface area contributed by atoms with Crippen LogP contribution in [0.25, 0.3) is 0 Å². The molecule has 0 spiro atoms. The largest absolute Gasteiger partial charge is 0.370 e. The molecule has 4 rings (SSSR count). The zero-order chi connectivity index (χ0) is 23.2. The molecule has 3 aromatic rings. The van der Waals surface area contributed by atoms with Gasteiger partial charge in [-0.1, -0.05) is 78.9 Å². The normalized spacial score (nSPS) is 16.1. The van der Waals surface area contributed by atoms with E-state index in [9.17, 15) is 9.59 Å². The van der Waals surface area contributed by atoms with Crippen molar-refractivity contribution in [2.24, 2.45) is 4.99 Å². The number of carbonyl (C=O) groups is 2. The Labute approximate surface area is 194 Å². The first kappa shape index (κ1) is 22.3. The molecule has 0 aromatic heterocycles. The van der Waals surface area contributed by atoms with E-state index < -0.39 is 12.2 Å². The summed E-state index contributed by atoms with van der Waals surface area (Å²) in [5, 5.41) is 5.80. The third-order valence-electron chi connectivity index (χ3n) is 5.64. The van der Waals surface area contributed by atoms with E-state index in [0.717, 1.165) is 28.1 Å². The van der Waals surface area contributed by atoms with Gasteiger partial charge in [-0.25, -0.2) is 0 Å². The Morgan fingerprint density at radius 2 is 1.61 bits per heavy atom. The molecule has 0 saturated carbocycles. The summed E-state index contributed by atoms with van der Waals surface area (Å²) in [5.74, 6) is -0.459. The van der Waals surface area contributed by atoms with Crippen molar-refractivity contribution < 1.29 is 9.59 Å². The van der Waals surface area contributed by atoms with Crippen molar-refractivity contribution in [2.45, 2.75) is 25.6 Å². The number of para-hydroxylation sites is 1. The fourth-order valence-corrected chi connectivity index (χ4v) is 3.96. The number of anilines is 1. The molecule has 2 amide bonds. The molecule has 1 heterocycles. The molecule has 0 unspecified atom stereocenters. The maximum absolute atomic E-state index is 12.9. The molecule has 168 valence electrons. The van der Waals surface area contributed by atoms with Gasteiger partial charge in [0.15, 0.2) is 0 Å². The number of nitrogens with zero attached hydrogens (tertiary/aromatic N) is 2. The number of carbonyl (C=O) groups excluding carboxylic acids is 2. The summed E-state index contributed by atoms with van der Waals surface area (Å²) in [6.45, 7) is 2.21. The van der Waals surface area contributed by atoms with Gasteiger partial charge < -0.3 is 15.5 Å². The number of benzene rings is 3. The maximum Gasteiger partial charge on any atom is 0.243 e. The number of amides is 2. The first-order chi connectivity index (χ1) is 16.0. The number of hydrogen-bond acceptors (Lipinski definition) is 4. The molecule has 33 heavy (non-hydrogen) atoms. The Morgan fingerprint density at radius 1 is 0.970 bits per heavy atom. The molecule has 1 aliphatic rings. The van der Waals surface area contributed by atoms with Gasteiger partial charge in [-0.2, -0.15) is 0 Å². The van der Waals surface area contributed by atoms with Gasteiger partial charge in [-0.15, -0.1) is 0 Å². The fourth-order valence-electron chi connectivity index (χ4n) is 3.96. The SMILES string of the molecule is C[C@H](NC(=O)Cc1ccccc1)C(=O)N[C@@H]1CN(C)c2ccccc2C(c2ccccc2)=N1. The van der Waals surface area contributed by atoms with Gasteiger partial charge in [0.2, 0.25) is 11.8 Å². The van der Waals surface area contributed by atoms with Gasteiger partial charge in [0.25, 0.3) is 0 Å². The summed E-state index contributed by atoms with van der Waals surface area (Å²) in [4.78, 5) is 32.3. The number of fused-ring (bicyclic) bond motifs is 1. The second-order valence-electron chi connectivity index (χ2n) is 8.22. The van der Waals surface area contributed by atoms with Crippen LogP contribution in [0.5, 0.6) is 0 Å². The van der Waals surface area contributed by atoms with Crippen LogP contribution in [0.1, 0.15) is 23.6 Å². The van der Waals surface area contributed by atoms with Crippen molar-refractivity contribution in [3.05, 3.63) is 102 Å². The van der Waals surface area contributed by atoms with Gasteiger partial charge in [0.05, 0.1) is 18.7 Å². The van der Waals surface area contributed by atoms with Gasteiger partial charge >= 0.3 is 0 Å². The van der Waals surface area contributed by atoms with Crippen molar-refractivity contribution in [1.82, 2.24) is 10.6 Å². The molecule has 1 aliphatic heterocycles. The number of benzodiazepines with no additional fused rings is 1. The number of likely N-dealkylation sites (N-methyl/N-ethyl adjacent to an activating group) is 1. The highest BCUT2D eigenvalue weighted by atomic mass is 16.2. The van der Waals surface area contributed by atoms with E-state index >= 15 is 0 Å². The highest BCUT2D eigenvalue weighted by molar-refractivity contribution is 6.16. The summed E-state index contributed by atoms with van der Waals surface area (Å²) in [6.07, 6.45) is -0.227. The van der Waals surface area contributed by atoms with Crippen LogP contribution in [-0.2, 0) is 16.0 Å². The van der Waals surface area contributed by atoms with Crippen molar-refractivity contribution >= 4 is 23.2 Å². The van der Waals surface area contributed by atoms with Crippen molar-refractivity contribution in [3.63, 3.8) is 0 Å². The Bertz CT molecular complexity index is 1150. The van der Waals surface area contributed by atoms with Crippen LogP contribution in [0, 0.1) is 0 Å². The van der Waals surface area contributed by atoms with E-state index in [1.165, 1.54) is 0 Å². The molecule has 2 atom stereocenters. The lowest BCUT2D eigenvalue weighted by atomic mass is 10.0. The van der Waals surface area contributed by atoms with Crippen LogP contribution in [0.4, 0.5) is 5.69 Å². The lowest BCUT2D eigenvalue weighted by Crippen LogP contribution is -2.50. The van der Waals surface area contributed by atoms with E-state index in [0.29, 0.717) is 6.54 Å². The number of hydrogen-bond donors (Lipinski definition) is 2. The third kappa shape index (κ3) is 5.47. The summed E-state index contributed by atoms with van der Waals surface area (Å²) in [6, 6.07) is 26.9. The van der Waals surface area contributed by atoms with E-state index in [1.807, 2.05) is 85.9 Å². The van der Waals surface area contributed by atoms with E-state index in [-0.39, 0.29) is 18.2 Å². The van der Waals surface area contributed by atoms with Crippen LogP contribution >= 0.6 is 0 Å². The maximum atomic E-state index is 12.9. The molecule has 0 aliphatic carbocycles. The Hall–Kier alpha value is -3.93. The Morgan fingerprint density at radius 3 is 2.33 bits per heavy atom. The average molecular weight is 441 g/mol. The van der Waals surface area contributed by atoms with Crippen LogP contribution in [0.3, 0.4) is 0 Å². The van der Waals surface area contributed by atoms with E-state index in [2.05, 4.69) is 21.6 Å². The summed E-state index contributed by atoms with van der Waals surface area (Å²) >= 11 is 0. The number of nitrogens with one attached hydrogen (secondary N) is 2. The predicted molar refractivity (Wildman–Crippen MR) is 131 cm³/mol. The molecule has 0 radical (unpaired) electrons. The minimum Gasteiger partial charge on any atom is -0.370 e. The second-order valence-corrected chi connectivity index (χ2v) is 8.22. The predicted octanol–water partition coefficient (Wildman–Crippen LogP) is 3.16. The van der Waals surface area contributed by atoms with Gasteiger partial charge in [0.1, 0.15) is 12.2 Å². The zero-order valence-corrected chi connectivity index (χ0v) is 18.9. The second kappa shape index (κ2) is 10.1. The summed E-state index contributed by atoms with van der Waals surface area (Å²) in [7, 11) is 1.99. The monoisotopic (exact) mass is 440 g/mol. The van der Waals surface area contributed by atoms with Crippen LogP contribution in [0.15, 0.2) is 89.9 Å². The molecule has 2 N–H and O–H groups in total. The quantitative estimate of drug-likeness (QED) is 0.618. The lowest BCUT2D eigenvalue weighted by Gasteiger charge is -2.24. The Balaban J connectivity index is 1.50. The summed E-state index contributed by atoms with van der Waals surface area (Å²) < 4.78 is 0. The van der Waals surface area contributed by atoms with Gasteiger partial charge in [-0.3, -0.25) is 14.6 Å². The minimum absolute atomic E-state index is 0.192. The van der Waals surface area contributed by atoms with Gasteiger partial charge in [-0.05, 0) is 18.6 Å². The number of rotatable bonds is 6. The first-order valence-corrected chi connectivity index (χ1v) is 11.1. The zero-order valence-electron chi connectivity index (χ0n) is 18.9. The fraction of sp³-hybridized carbons (Fsp3) is 0.222. The van der Waals surface area contributed by atoms with Crippen LogP contribution < -0.4 is 15.5 Å². The number of aliphatic imine (C=N–C) groups is 1. The highest BCUT2D eigenvalue weighted by Gasteiger charge is 2.25. The smallest absolute Gasteiger partial charge is 0.243 e. The molecular formula is C27H28N4O2. The molecule has 0 fully saturated rings.